The summed E-state index contributed by atoms with van der Waals surface area (Å²) in [5.41, 5.74) is 4.20. The number of oxime groups is 1. The molecular weight excluding hydrogens is 286 g/mol. The van der Waals surface area contributed by atoms with Gasteiger partial charge in [-0.3, -0.25) is 0 Å². The predicted molar refractivity (Wildman–Crippen MR) is 91.2 cm³/mol. The summed E-state index contributed by atoms with van der Waals surface area (Å²) in [5, 5.41) is 4.29. The molecule has 23 heavy (non-hydrogen) atoms. The van der Waals surface area contributed by atoms with Crippen LogP contribution in [0.3, 0.4) is 0 Å². The zero-order valence-electron chi connectivity index (χ0n) is 13.6. The third kappa shape index (κ3) is 4.23. The zero-order chi connectivity index (χ0) is 16.1. The smallest absolute Gasteiger partial charge is 0.114 e. The van der Waals surface area contributed by atoms with E-state index in [9.17, 15) is 0 Å². The van der Waals surface area contributed by atoms with Crippen molar-refractivity contribution in [1.82, 2.24) is 9.55 Å². The molecule has 1 aromatic heterocycles. The number of hydrogen-bond donors (Lipinski definition) is 0. The molecule has 2 aromatic rings. The number of nitrogens with zero attached hydrogens (tertiary/aromatic N) is 3. The van der Waals surface area contributed by atoms with Gasteiger partial charge in [-0.05, 0) is 44.4 Å². The number of aromatic nitrogens is 2. The predicted octanol–water partition coefficient (Wildman–Crippen LogP) is 3.39. The SMILES string of the molecule is CCON=C(Cn1ccnc1)c1ccc(C#CC2CC2)cc1C. The molecule has 1 aliphatic rings. The highest BCUT2D eigenvalue weighted by Gasteiger charge is 2.17. The fraction of sp³-hybridized carbons (Fsp3) is 0.368. The topological polar surface area (TPSA) is 39.4 Å². The van der Waals surface area contributed by atoms with E-state index < -0.39 is 0 Å². The highest BCUT2D eigenvalue weighted by Crippen LogP contribution is 2.27. The van der Waals surface area contributed by atoms with Crippen LogP contribution in [-0.2, 0) is 11.4 Å². The molecule has 0 radical (unpaired) electrons. The van der Waals surface area contributed by atoms with Gasteiger partial charge in [-0.1, -0.05) is 23.1 Å². The fourth-order valence-corrected chi connectivity index (χ4v) is 2.34. The summed E-state index contributed by atoms with van der Waals surface area (Å²) < 4.78 is 1.98. The van der Waals surface area contributed by atoms with E-state index in [1.54, 1.807) is 12.5 Å². The molecule has 0 spiro atoms. The summed E-state index contributed by atoms with van der Waals surface area (Å²) in [6.07, 6.45) is 7.97. The normalized spacial score (nSPS) is 14.3. The standard InChI is InChI=1S/C19H21N3O/c1-3-23-21-19(13-22-11-10-20-14-22)18-9-8-17(12-15(18)2)7-6-16-4-5-16/h8-12,14,16H,3-5,13H2,1-2H3. The second-order valence-corrected chi connectivity index (χ2v) is 5.76. The van der Waals surface area contributed by atoms with E-state index in [2.05, 4.69) is 47.1 Å². The highest BCUT2D eigenvalue weighted by atomic mass is 16.6. The Kier molecular flexibility index (Phi) is 4.77. The van der Waals surface area contributed by atoms with E-state index in [1.807, 2.05) is 17.7 Å². The summed E-state index contributed by atoms with van der Waals surface area (Å²) in [5.74, 6) is 7.19. The molecule has 0 N–H and O–H groups in total. The third-order valence-electron chi connectivity index (χ3n) is 3.73. The van der Waals surface area contributed by atoms with Gasteiger partial charge in [0.25, 0.3) is 0 Å². The maximum Gasteiger partial charge on any atom is 0.114 e. The monoisotopic (exact) mass is 307 g/mol. The van der Waals surface area contributed by atoms with Crippen molar-refractivity contribution in [3.8, 4) is 11.8 Å². The first kappa shape index (κ1) is 15.4. The lowest BCUT2D eigenvalue weighted by atomic mass is 10.0. The molecule has 4 nitrogen and oxygen atoms in total. The number of benzene rings is 1. The van der Waals surface area contributed by atoms with Gasteiger partial charge in [0, 0.05) is 29.4 Å². The fourth-order valence-electron chi connectivity index (χ4n) is 2.34. The van der Waals surface area contributed by atoms with Crippen LogP contribution in [0.5, 0.6) is 0 Å². The van der Waals surface area contributed by atoms with Crippen LogP contribution in [0.1, 0.15) is 36.5 Å². The van der Waals surface area contributed by atoms with Crippen LogP contribution < -0.4 is 0 Å². The van der Waals surface area contributed by atoms with E-state index >= 15 is 0 Å². The molecule has 0 saturated heterocycles. The molecule has 0 atom stereocenters. The molecule has 3 rings (SSSR count). The average molecular weight is 307 g/mol. The number of imidazole rings is 1. The van der Waals surface area contributed by atoms with Crippen LogP contribution in [0.2, 0.25) is 0 Å². The van der Waals surface area contributed by atoms with Crippen LogP contribution in [0.25, 0.3) is 0 Å². The first-order chi connectivity index (χ1) is 11.3. The lowest BCUT2D eigenvalue weighted by Gasteiger charge is -2.10. The van der Waals surface area contributed by atoms with Crippen LogP contribution in [-0.4, -0.2) is 21.9 Å². The number of aryl methyl sites for hydroxylation is 1. The minimum atomic E-state index is 0.553. The molecule has 0 aliphatic heterocycles. The second kappa shape index (κ2) is 7.15. The van der Waals surface area contributed by atoms with Gasteiger partial charge in [0.05, 0.1) is 12.9 Å². The van der Waals surface area contributed by atoms with Gasteiger partial charge in [-0.25, -0.2) is 4.98 Å². The molecule has 1 aromatic carbocycles. The van der Waals surface area contributed by atoms with Crippen molar-refractivity contribution in [3.63, 3.8) is 0 Å². The van der Waals surface area contributed by atoms with Gasteiger partial charge in [0.2, 0.25) is 0 Å². The zero-order valence-corrected chi connectivity index (χ0v) is 13.6. The third-order valence-corrected chi connectivity index (χ3v) is 3.73. The Hall–Kier alpha value is -2.54. The lowest BCUT2D eigenvalue weighted by Crippen LogP contribution is -2.13. The van der Waals surface area contributed by atoms with Gasteiger partial charge in [0.1, 0.15) is 12.3 Å². The maximum absolute atomic E-state index is 5.30. The van der Waals surface area contributed by atoms with Gasteiger partial charge in [-0.2, -0.15) is 0 Å². The Morgan fingerprint density at radius 1 is 1.43 bits per heavy atom. The molecule has 1 aliphatic carbocycles. The van der Waals surface area contributed by atoms with E-state index in [1.165, 1.54) is 12.8 Å². The van der Waals surface area contributed by atoms with Crippen molar-refractivity contribution in [3.05, 3.63) is 53.6 Å². The molecule has 0 bridgehead atoms. The quantitative estimate of drug-likeness (QED) is 0.482. The van der Waals surface area contributed by atoms with Crippen molar-refractivity contribution in [2.75, 3.05) is 6.61 Å². The molecule has 4 heteroatoms. The Morgan fingerprint density at radius 3 is 2.96 bits per heavy atom. The molecule has 1 heterocycles. The Balaban J connectivity index is 1.84. The van der Waals surface area contributed by atoms with Crippen molar-refractivity contribution in [2.24, 2.45) is 11.1 Å². The molecule has 0 unspecified atom stereocenters. The van der Waals surface area contributed by atoms with Crippen LogP contribution in [0, 0.1) is 24.7 Å². The number of hydrogen-bond acceptors (Lipinski definition) is 3. The lowest BCUT2D eigenvalue weighted by molar-refractivity contribution is 0.158. The van der Waals surface area contributed by atoms with Gasteiger partial charge in [-0.15, -0.1) is 0 Å². The summed E-state index contributed by atoms with van der Waals surface area (Å²) in [7, 11) is 0. The van der Waals surface area contributed by atoms with Crippen molar-refractivity contribution in [1.29, 1.82) is 0 Å². The summed E-state index contributed by atoms with van der Waals surface area (Å²) in [6, 6.07) is 6.27. The molecule has 118 valence electrons. The maximum atomic E-state index is 5.30. The number of rotatable bonds is 5. The highest BCUT2D eigenvalue weighted by molar-refractivity contribution is 6.01. The van der Waals surface area contributed by atoms with Gasteiger partial charge < -0.3 is 9.40 Å². The van der Waals surface area contributed by atoms with Crippen molar-refractivity contribution < 1.29 is 4.84 Å². The molecule has 0 amide bonds. The minimum absolute atomic E-state index is 0.553. The summed E-state index contributed by atoms with van der Waals surface area (Å²) >= 11 is 0. The molecular formula is C19H21N3O. The van der Waals surface area contributed by atoms with Crippen LogP contribution in [0.4, 0.5) is 0 Å². The van der Waals surface area contributed by atoms with E-state index in [0.29, 0.717) is 19.1 Å². The Labute approximate surface area is 137 Å². The van der Waals surface area contributed by atoms with Gasteiger partial charge in [0.15, 0.2) is 0 Å². The van der Waals surface area contributed by atoms with Crippen molar-refractivity contribution in [2.45, 2.75) is 33.2 Å². The summed E-state index contributed by atoms with van der Waals surface area (Å²) in [4.78, 5) is 9.38. The molecule has 1 saturated carbocycles. The van der Waals surface area contributed by atoms with Gasteiger partial charge >= 0.3 is 0 Å². The minimum Gasteiger partial charge on any atom is -0.396 e. The first-order valence-corrected chi connectivity index (χ1v) is 8.03. The second-order valence-electron chi connectivity index (χ2n) is 5.76. The molecule has 1 fully saturated rings. The largest absolute Gasteiger partial charge is 0.396 e. The van der Waals surface area contributed by atoms with E-state index in [4.69, 9.17) is 4.84 Å². The van der Waals surface area contributed by atoms with E-state index in [-0.39, 0.29) is 0 Å². The Bertz CT molecular complexity index is 747. The summed E-state index contributed by atoms with van der Waals surface area (Å²) in [6.45, 7) is 5.21. The van der Waals surface area contributed by atoms with Crippen LogP contribution in [0.15, 0.2) is 42.1 Å². The average Bonchev–Trinajstić information content (AvgIpc) is 3.25. The van der Waals surface area contributed by atoms with E-state index in [0.717, 1.165) is 22.4 Å². The Morgan fingerprint density at radius 2 is 2.30 bits per heavy atom. The van der Waals surface area contributed by atoms with Crippen molar-refractivity contribution >= 4 is 5.71 Å². The van der Waals surface area contributed by atoms with Crippen LogP contribution >= 0.6 is 0 Å². The first-order valence-electron chi connectivity index (χ1n) is 8.03.